The van der Waals surface area contributed by atoms with Crippen LogP contribution in [0.1, 0.15) is 23.6 Å². The molecule has 0 bridgehead atoms. The highest BCUT2D eigenvalue weighted by Crippen LogP contribution is 2.38. The third-order valence-corrected chi connectivity index (χ3v) is 9.27. The van der Waals surface area contributed by atoms with Crippen LogP contribution in [-0.4, -0.2) is 12.6 Å². The van der Waals surface area contributed by atoms with Crippen molar-refractivity contribution in [1.82, 2.24) is 0 Å². The van der Waals surface area contributed by atoms with Crippen LogP contribution in [0.4, 0.5) is 0 Å². The molecule has 0 saturated carbocycles. The monoisotopic (exact) mass is 540 g/mol. The number of esters is 1. The third kappa shape index (κ3) is 6.47. The van der Waals surface area contributed by atoms with E-state index in [0.717, 1.165) is 16.7 Å². The molecule has 0 fully saturated rings. The van der Waals surface area contributed by atoms with Crippen LogP contribution in [-0.2, 0) is 16.0 Å². The normalized spacial score (nSPS) is 11.4. The number of aryl methyl sites for hydroxylation is 1. The molecule has 0 spiro atoms. The molecule has 5 aromatic rings. The Kier molecular flexibility index (Phi) is 9.01. The fourth-order valence-electron chi connectivity index (χ4n) is 4.93. The van der Waals surface area contributed by atoms with Gasteiger partial charge in [0.2, 0.25) is 0 Å². The molecule has 0 saturated heterocycles. The van der Waals surface area contributed by atoms with E-state index < -0.39 is 7.92 Å². The summed E-state index contributed by atoms with van der Waals surface area (Å²) in [7, 11) is -0.804. The summed E-state index contributed by atoms with van der Waals surface area (Å²) in [6.07, 6.45) is 2.43. The van der Waals surface area contributed by atoms with E-state index in [4.69, 9.17) is 4.74 Å². The SMILES string of the molecule is CCOC(=O)/C(=C/c1ccccc1)Cc1ccccc1-c1ccc(C)cc1P(c1ccccc1)c1ccccc1. The van der Waals surface area contributed by atoms with Crippen LogP contribution in [0.2, 0.25) is 0 Å². The van der Waals surface area contributed by atoms with Crippen LogP contribution in [0.15, 0.2) is 139 Å². The minimum Gasteiger partial charge on any atom is -0.463 e. The summed E-state index contributed by atoms with van der Waals surface area (Å²) >= 11 is 0. The largest absolute Gasteiger partial charge is 0.463 e. The van der Waals surface area contributed by atoms with Crippen molar-refractivity contribution in [1.29, 1.82) is 0 Å². The molecule has 5 aromatic carbocycles. The van der Waals surface area contributed by atoms with Gasteiger partial charge in [0.25, 0.3) is 0 Å². The van der Waals surface area contributed by atoms with Crippen molar-refractivity contribution in [3.05, 3.63) is 156 Å². The van der Waals surface area contributed by atoms with Gasteiger partial charge in [0, 0.05) is 12.0 Å². The highest BCUT2D eigenvalue weighted by molar-refractivity contribution is 7.80. The number of hydrogen-bond donors (Lipinski definition) is 0. The van der Waals surface area contributed by atoms with Gasteiger partial charge in [0.1, 0.15) is 0 Å². The van der Waals surface area contributed by atoms with Gasteiger partial charge in [-0.25, -0.2) is 4.79 Å². The minimum absolute atomic E-state index is 0.277. The number of ether oxygens (including phenoxy) is 1. The van der Waals surface area contributed by atoms with Gasteiger partial charge in [-0.05, 0) is 66.0 Å². The highest BCUT2D eigenvalue weighted by Gasteiger charge is 2.22. The Morgan fingerprint density at radius 3 is 1.90 bits per heavy atom. The Bertz CT molecular complexity index is 1550. The smallest absolute Gasteiger partial charge is 0.334 e. The third-order valence-electron chi connectivity index (χ3n) is 6.79. The van der Waals surface area contributed by atoms with Crippen molar-refractivity contribution in [3.8, 4) is 11.1 Å². The molecule has 0 heterocycles. The number of carbonyl (C=O) groups is 1. The average Bonchev–Trinajstić information content (AvgIpc) is 2.99. The van der Waals surface area contributed by atoms with Gasteiger partial charge in [-0.3, -0.25) is 0 Å². The Morgan fingerprint density at radius 1 is 0.700 bits per heavy atom. The van der Waals surface area contributed by atoms with Crippen LogP contribution in [0.25, 0.3) is 17.2 Å². The van der Waals surface area contributed by atoms with Crippen LogP contribution in [0.5, 0.6) is 0 Å². The zero-order chi connectivity index (χ0) is 27.7. The fraction of sp³-hybridized carbons (Fsp3) is 0.108. The van der Waals surface area contributed by atoms with E-state index in [9.17, 15) is 4.79 Å². The van der Waals surface area contributed by atoms with Gasteiger partial charge in [-0.15, -0.1) is 0 Å². The van der Waals surface area contributed by atoms with Crippen LogP contribution >= 0.6 is 7.92 Å². The molecule has 0 radical (unpaired) electrons. The lowest BCUT2D eigenvalue weighted by Crippen LogP contribution is -2.22. The minimum atomic E-state index is -0.804. The molecule has 0 N–H and O–H groups in total. The summed E-state index contributed by atoms with van der Waals surface area (Å²) in [4.78, 5) is 13.1. The van der Waals surface area contributed by atoms with Crippen molar-refractivity contribution in [2.24, 2.45) is 0 Å². The van der Waals surface area contributed by atoms with E-state index in [1.54, 1.807) is 0 Å². The number of benzene rings is 5. The fourth-order valence-corrected chi connectivity index (χ4v) is 7.50. The standard InChI is InChI=1S/C37H33O2P/c1-3-39-37(38)31(26-29-15-7-4-8-16-29)27-30-17-13-14-22-34(30)35-24-23-28(2)25-36(35)40(32-18-9-5-10-19-32)33-20-11-6-12-21-33/h4-26H,3,27H2,1-2H3/b31-26+. The molecule has 0 aliphatic rings. The van der Waals surface area contributed by atoms with E-state index in [1.807, 2.05) is 43.3 Å². The average molecular weight is 541 g/mol. The zero-order valence-corrected chi connectivity index (χ0v) is 23.9. The first-order valence-electron chi connectivity index (χ1n) is 13.7. The molecule has 198 valence electrons. The Balaban J connectivity index is 1.65. The first kappa shape index (κ1) is 27.3. The van der Waals surface area contributed by atoms with E-state index in [-0.39, 0.29) is 5.97 Å². The molecule has 0 aliphatic heterocycles. The molecule has 5 rings (SSSR count). The second kappa shape index (κ2) is 13.2. The van der Waals surface area contributed by atoms with Gasteiger partial charge in [-0.1, -0.05) is 139 Å². The highest BCUT2D eigenvalue weighted by atomic mass is 31.1. The molecule has 0 unspecified atom stereocenters. The number of rotatable bonds is 9. The van der Waals surface area contributed by atoms with Crippen LogP contribution in [0, 0.1) is 6.92 Å². The second-order valence-electron chi connectivity index (χ2n) is 9.66. The topological polar surface area (TPSA) is 26.3 Å². The van der Waals surface area contributed by atoms with Crippen molar-refractivity contribution in [3.63, 3.8) is 0 Å². The zero-order valence-electron chi connectivity index (χ0n) is 23.0. The lowest BCUT2D eigenvalue weighted by molar-refractivity contribution is -0.138. The van der Waals surface area contributed by atoms with Gasteiger partial charge < -0.3 is 4.74 Å². The van der Waals surface area contributed by atoms with Crippen molar-refractivity contribution in [2.45, 2.75) is 20.3 Å². The quantitative estimate of drug-likeness (QED) is 0.109. The van der Waals surface area contributed by atoms with Crippen LogP contribution in [0.3, 0.4) is 0 Å². The number of carbonyl (C=O) groups excluding carboxylic acids is 1. The first-order chi connectivity index (χ1) is 19.6. The Labute approximate surface area is 238 Å². The summed E-state index contributed by atoms with van der Waals surface area (Å²) in [6, 6.07) is 46.7. The van der Waals surface area contributed by atoms with Gasteiger partial charge in [-0.2, -0.15) is 0 Å². The molecule has 40 heavy (non-hydrogen) atoms. The maximum Gasteiger partial charge on any atom is 0.334 e. The van der Waals surface area contributed by atoms with E-state index in [1.165, 1.54) is 27.0 Å². The van der Waals surface area contributed by atoms with E-state index in [2.05, 4.69) is 110 Å². The van der Waals surface area contributed by atoms with Crippen molar-refractivity contribution < 1.29 is 9.53 Å². The summed E-state index contributed by atoms with van der Waals surface area (Å²) in [6.45, 7) is 4.34. The summed E-state index contributed by atoms with van der Waals surface area (Å²) in [5, 5.41) is 3.93. The van der Waals surface area contributed by atoms with Gasteiger partial charge in [0.05, 0.1) is 6.61 Å². The predicted molar refractivity (Wildman–Crippen MR) is 170 cm³/mol. The molecule has 0 aliphatic carbocycles. The first-order valence-corrected chi connectivity index (χ1v) is 15.0. The summed E-state index contributed by atoms with van der Waals surface area (Å²) in [5.41, 5.74) is 6.28. The van der Waals surface area contributed by atoms with E-state index in [0.29, 0.717) is 18.6 Å². The molecular weight excluding hydrogens is 507 g/mol. The molecule has 3 heteroatoms. The molecule has 2 nitrogen and oxygen atoms in total. The van der Waals surface area contributed by atoms with Crippen molar-refractivity contribution in [2.75, 3.05) is 6.61 Å². The lowest BCUT2D eigenvalue weighted by Gasteiger charge is -2.24. The van der Waals surface area contributed by atoms with Gasteiger partial charge in [0.15, 0.2) is 0 Å². The molecular formula is C37H33O2P. The summed E-state index contributed by atoms with van der Waals surface area (Å²) in [5.74, 6) is -0.277. The van der Waals surface area contributed by atoms with Gasteiger partial charge >= 0.3 is 5.97 Å². The second-order valence-corrected chi connectivity index (χ2v) is 11.8. The molecule has 0 aromatic heterocycles. The number of hydrogen-bond acceptors (Lipinski definition) is 2. The Morgan fingerprint density at radius 2 is 1.27 bits per heavy atom. The van der Waals surface area contributed by atoms with Crippen molar-refractivity contribution >= 4 is 35.9 Å². The lowest BCUT2D eigenvalue weighted by atomic mass is 9.93. The molecule has 0 amide bonds. The maximum absolute atomic E-state index is 13.1. The molecule has 0 atom stereocenters. The Hall–Kier alpha value is -4.26. The van der Waals surface area contributed by atoms with Crippen LogP contribution < -0.4 is 15.9 Å². The van der Waals surface area contributed by atoms with E-state index >= 15 is 0 Å². The summed E-state index contributed by atoms with van der Waals surface area (Å²) < 4.78 is 5.48. The predicted octanol–water partition coefficient (Wildman–Crippen LogP) is 7.61. The maximum atomic E-state index is 13.1.